The molecule has 0 spiro atoms. The van der Waals surface area contributed by atoms with Gasteiger partial charge in [0.25, 0.3) is 0 Å². The molecule has 3 rings (SSSR count). The normalized spacial score (nSPS) is 14.8. The molecule has 1 unspecified atom stereocenters. The zero-order valence-corrected chi connectivity index (χ0v) is 22.4. The van der Waals surface area contributed by atoms with Crippen LogP contribution in [0.25, 0.3) is 0 Å². The van der Waals surface area contributed by atoms with Gasteiger partial charge < -0.3 is 29.7 Å². The fraction of sp³-hybridized carbons (Fsp3) is 0.433. The number of carboxylic acid groups (broad SMARTS) is 3. The van der Waals surface area contributed by atoms with Gasteiger partial charge in [0.05, 0.1) is 12.7 Å². The minimum absolute atomic E-state index is 0.0792. The summed E-state index contributed by atoms with van der Waals surface area (Å²) in [5, 5.41) is 24.4. The molecular weight excluding hydrogens is 502 g/mol. The number of rotatable bonds is 14. The first-order valence-corrected chi connectivity index (χ1v) is 13.3. The number of unbranched alkanes of at least 4 members (excludes halogenated alkanes) is 2. The second-order valence-electron chi connectivity index (χ2n) is 9.18. The molecule has 1 atom stereocenters. The van der Waals surface area contributed by atoms with Crippen LogP contribution in [0.1, 0.15) is 62.7 Å². The molecule has 3 N–H and O–H groups in total. The van der Waals surface area contributed by atoms with E-state index in [9.17, 15) is 14.4 Å². The molecule has 0 amide bonds. The summed E-state index contributed by atoms with van der Waals surface area (Å²) in [5.74, 6) is -2.33. The van der Waals surface area contributed by atoms with Crippen molar-refractivity contribution in [2.45, 2.75) is 57.7 Å². The third-order valence-electron chi connectivity index (χ3n) is 6.19. The van der Waals surface area contributed by atoms with Crippen molar-refractivity contribution in [1.82, 2.24) is 4.90 Å². The molecule has 2 aromatic rings. The van der Waals surface area contributed by atoms with E-state index in [4.69, 9.17) is 24.8 Å². The molecule has 0 bridgehead atoms. The van der Waals surface area contributed by atoms with Crippen LogP contribution < -0.4 is 4.74 Å². The van der Waals surface area contributed by atoms with Gasteiger partial charge >= 0.3 is 17.9 Å². The minimum atomic E-state index is -1.26. The lowest BCUT2D eigenvalue weighted by Gasteiger charge is -2.34. The first-order chi connectivity index (χ1) is 18.8. The quantitative estimate of drug-likeness (QED) is 0.223. The molecule has 0 radical (unpaired) electrons. The highest BCUT2D eigenvalue weighted by molar-refractivity contribution is 5.89. The summed E-state index contributed by atoms with van der Waals surface area (Å²) in [6.45, 7) is 5.78. The Bertz CT molecular complexity index is 1010. The van der Waals surface area contributed by atoms with Crippen LogP contribution >= 0.6 is 0 Å². The van der Waals surface area contributed by atoms with Gasteiger partial charge in [-0.25, -0.2) is 9.59 Å². The van der Waals surface area contributed by atoms with Crippen molar-refractivity contribution in [2.24, 2.45) is 0 Å². The Morgan fingerprint density at radius 3 is 2.00 bits per heavy atom. The smallest absolute Gasteiger partial charge is 0.328 e. The van der Waals surface area contributed by atoms with Gasteiger partial charge in [0, 0.05) is 31.7 Å². The largest absolute Gasteiger partial charge is 0.494 e. The van der Waals surface area contributed by atoms with E-state index in [1.54, 1.807) is 0 Å². The van der Waals surface area contributed by atoms with E-state index in [0.29, 0.717) is 18.8 Å². The standard InChI is InChI=1S/C26H35NO4.C4H4O4/c1-2-30-23-14-12-22(13-15-23)26(21-9-5-3-6-10-21)31-24-16-19-27(20-17-24)18-8-4-7-11-25(28)29;5-3(6)1-2-4(7)8/h3,5-6,9-10,12-15,24,26H,2,4,7-8,11,16-20H2,1H3,(H,28,29);1-2H,(H,5,6)(H,7,8). The highest BCUT2D eigenvalue weighted by Gasteiger charge is 2.24. The molecule has 212 valence electrons. The monoisotopic (exact) mass is 541 g/mol. The molecule has 1 aliphatic heterocycles. The predicted octanol–water partition coefficient (Wildman–Crippen LogP) is 5.01. The molecule has 1 saturated heterocycles. The molecule has 9 nitrogen and oxygen atoms in total. The summed E-state index contributed by atoms with van der Waals surface area (Å²) in [6.07, 6.45) is 6.42. The third kappa shape index (κ3) is 13.1. The van der Waals surface area contributed by atoms with Gasteiger partial charge in [-0.1, -0.05) is 48.9 Å². The molecule has 1 heterocycles. The summed E-state index contributed by atoms with van der Waals surface area (Å²) in [4.78, 5) is 32.2. The number of hydrogen-bond acceptors (Lipinski definition) is 6. The van der Waals surface area contributed by atoms with E-state index < -0.39 is 17.9 Å². The number of aliphatic carboxylic acids is 3. The predicted molar refractivity (Wildman–Crippen MR) is 147 cm³/mol. The van der Waals surface area contributed by atoms with E-state index in [-0.39, 0.29) is 18.6 Å². The third-order valence-corrected chi connectivity index (χ3v) is 6.19. The SMILES string of the molecule is CCOc1ccc(C(OC2CCN(CCCCCC(=O)O)CC2)c2ccccc2)cc1.O=C(O)C=CC(=O)O. The van der Waals surface area contributed by atoms with E-state index in [1.807, 2.05) is 25.1 Å². The molecule has 1 aliphatic rings. The molecule has 1 fully saturated rings. The zero-order valence-electron chi connectivity index (χ0n) is 22.4. The number of nitrogens with zero attached hydrogens (tertiary/aromatic N) is 1. The Hall–Kier alpha value is -3.69. The van der Waals surface area contributed by atoms with E-state index >= 15 is 0 Å². The number of ether oxygens (including phenoxy) is 2. The van der Waals surface area contributed by atoms with Gasteiger partial charge in [-0.2, -0.15) is 0 Å². The summed E-state index contributed by atoms with van der Waals surface area (Å²) in [5.41, 5.74) is 2.32. The van der Waals surface area contributed by atoms with Crippen molar-refractivity contribution in [1.29, 1.82) is 0 Å². The summed E-state index contributed by atoms with van der Waals surface area (Å²) < 4.78 is 12.2. The first-order valence-electron chi connectivity index (χ1n) is 13.3. The molecule has 0 saturated carbocycles. The summed E-state index contributed by atoms with van der Waals surface area (Å²) >= 11 is 0. The van der Waals surface area contributed by atoms with Crippen LogP contribution in [0.4, 0.5) is 0 Å². The first kappa shape index (κ1) is 31.5. The van der Waals surface area contributed by atoms with Gasteiger partial charge in [0.1, 0.15) is 11.9 Å². The average Bonchev–Trinajstić information content (AvgIpc) is 2.92. The second kappa shape index (κ2) is 17.8. The number of carboxylic acids is 3. The van der Waals surface area contributed by atoms with Gasteiger partial charge in [-0.3, -0.25) is 4.79 Å². The Morgan fingerprint density at radius 2 is 1.46 bits per heavy atom. The highest BCUT2D eigenvalue weighted by atomic mass is 16.5. The maximum Gasteiger partial charge on any atom is 0.328 e. The molecule has 9 heteroatoms. The molecule has 39 heavy (non-hydrogen) atoms. The number of benzene rings is 2. The van der Waals surface area contributed by atoms with E-state index in [2.05, 4.69) is 41.3 Å². The van der Waals surface area contributed by atoms with Crippen LogP contribution in [0, 0.1) is 0 Å². The van der Waals surface area contributed by atoms with Crippen LogP contribution in [0.5, 0.6) is 5.75 Å². The summed E-state index contributed by atoms with van der Waals surface area (Å²) in [7, 11) is 0. The Balaban J connectivity index is 0.000000580. The number of likely N-dealkylation sites (tertiary alicyclic amines) is 1. The van der Waals surface area contributed by atoms with E-state index in [0.717, 1.165) is 63.1 Å². The number of hydrogen-bond donors (Lipinski definition) is 3. The van der Waals surface area contributed by atoms with Crippen molar-refractivity contribution >= 4 is 17.9 Å². The second-order valence-corrected chi connectivity index (χ2v) is 9.18. The lowest BCUT2D eigenvalue weighted by Crippen LogP contribution is -2.38. The fourth-order valence-electron chi connectivity index (χ4n) is 4.28. The molecular formula is C30H39NO8. The Kier molecular flexibility index (Phi) is 14.3. The lowest BCUT2D eigenvalue weighted by molar-refractivity contribution is -0.137. The van der Waals surface area contributed by atoms with Crippen molar-refractivity contribution in [3.05, 3.63) is 77.9 Å². The Morgan fingerprint density at radius 1 is 0.872 bits per heavy atom. The van der Waals surface area contributed by atoms with Crippen molar-refractivity contribution < 1.29 is 39.2 Å². The Labute approximate surface area is 229 Å². The maximum absolute atomic E-state index is 10.6. The van der Waals surface area contributed by atoms with Crippen molar-refractivity contribution in [2.75, 3.05) is 26.2 Å². The van der Waals surface area contributed by atoms with E-state index in [1.165, 1.54) is 5.56 Å². The van der Waals surface area contributed by atoms with Crippen LogP contribution in [-0.2, 0) is 19.1 Å². The van der Waals surface area contributed by atoms with Crippen LogP contribution in [0.3, 0.4) is 0 Å². The average molecular weight is 542 g/mol. The number of carbonyl (C=O) groups is 3. The summed E-state index contributed by atoms with van der Waals surface area (Å²) in [6, 6.07) is 18.7. The molecule has 2 aromatic carbocycles. The highest BCUT2D eigenvalue weighted by Crippen LogP contribution is 2.31. The zero-order chi connectivity index (χ0) is 28.5. The minimum Gasteiger partial charge on any atom is -0.494 e. The van der Waals surface area contributed by atoms with Crippen molar-refractivity contribution in [3.8, 4) is 5.75 Å². The van der Waals surface area contributed by atoms with Gasteiger partial charge in [0.15, 0.2) is 0 Å². The van der Waals surface area contributed by atoms with Crippen LogP contribution in [0.2, 0.25) is 0 Å². The van der Waals surface area contributed by atoms with Crippen LogP contribution in [-0.4, -0.2) is 70.5 Å². The lowest BCUT2D eigenvalue weighted by atomic mass is 10.00. The van der Waals surface area contributed by atoms with Crippen LogP contribution in [0.15, 0.2) is 66.7 Å². The van der Waals surface area contributed by atoms with Gasteiger partial charge in [-0.05, 0) is 62.4 Å². The fourth-order valence-corrected chi connectivity index (χ4v) is 4.28. The topological polar surface area (TPSA) is 134 Å². The van der Waals surface area contributed by atoms with Gasteiger partial charge in [-0.15, -0.1) is 0 Å². The molecule has 0 aromatic heterocycles. The van der Waals surface area contributed by atoms with Gasteiger partial charge in [0.2, 0.25) is 0 Å². The molecule has 0 aliphatic carbocycles. The van der Waals surface area contributed by atoms with Crippen molar-refractivity contribution in [3.63, 3.8) is 0 Å². The number of piperidine rings is 1. The maximum atomic E-state index is 10.6.